The van der Waals surface area contributed by atoms with Gasteiger partial charge in [-0.3, -0.25) is 9.59 Å². The zero-order chi connectivity index (χ0) is 13.7. The van der Waals surface area contributed by atoms with E-state index in [2.05, 4.69) is 5.32 Å². The van der Waals surface area contributed by atoms with Crippen molar-refractivity contribution >= 4 is 57.7 Å². The number of hydrogen-bond acceptors (Lipinski definition) is 2. The van der Waals surface area contributed by atoms with Gasteiger partial charge in [-0.2, -0.15) is 0 Å². The van der Waals surface area contributed by atoms with Crippen molar-refractivity contribution in [1.82, 2.24) is 5.32 Å². The number of rotatable bonds is 5. The van der Waals surface area contributed by atoms with Crippen LogP contribution in [0.3, 0.4) is 0 Å². The summed E-state index contributed by atoms with van der Waals surface area (Å²) in [5.74, 6) is -1.20. The molecule has 0 fully saturated rings. The van der Waals surface area contributed by atoms with E-state index in [9.17, 15) is 9.59 Å². The molecule has 0 aromatic heterocycles. The van der Waals surface area contributed by atoms with E-state index in [0.29, 0.717) is 32.1 Å². The SMILES string of the molecule is O=C(O)CCCNC(=O)c1cc(Cl)cc(Cl)c1I. The first kappa shape index (κ1) is 15.5. The summed E-state index contributed by atoms with van der Waals surface area (Å²) >= 11 is 13.7. The molecule has 0 bridgehead atoms. The van der Waals surface area contributed by atoms with Crippen LogP contribution in [-0.4, -0.2) is 23.5 Å². The van der Waals surface area contributed by atoms with Crippen LogP contribution in [0.1, 0.15) is 23.2 Å². The molecule has 4 nitrogen and oxygen atoms in total. The molecule has 0 radical (unpaired) electrons. The van der Waals surface area contributed by atoms with Gasteiger partial charge in [-0.15, -0.1) is 0 Å². The Labute approximate surface area is 128 Å². The number of carbonyl (C=O) groups is 2. The van der Waals surface area contributed by atoms with Gasteiger partial charge in [0.1, 0.15) is 0 Å². The van der Waals surface area contributed by atoms with E-state index in [1.165, 1.54) is 6.07 Å². The fourth-order valence-corrected chi connectivity index (χ4v) is 2.31. The van der Waals surface area contributed by atoms with Crippen LogP contribution in [0.2, 0.25) is 10.0 Å². The van der Waals surface area contributed by atoms with E-state index in [1.54, 1.807) is 6.07 Å². The number of hydrogen-bond donors (Lipinski definition) is 2. The van der Waals surface area contributed by atoms with Gasteiger partial charge in [0.2, 0.25) is 0 Å². The Bertz CT molecular complexity index is 480. The zero-order valence-corrected chi connectivity index (χ0v) is 12.8. The van der Waals surface area contributed by atoms with E-state index in [-0.39, 0.29) is 12.3 Å². The van der Waals surface area contributed by atoms with Gasteiger partial charge in [0.15, 0.2) is 0 Å². The summed E-state index contributed by atoms with van der Waals surface area (Å²) in [6.07, 6.45) is 0.402. The summed E-state index contributed by atoms with van der Waals surface area (Å²) in [6.45, 7) is 0.297. The predicted octanol–water partition coefficient (Wildman–Crippen LogP) is 3.19. The summed E-state index contributed by atoms with van der Waals surface area (Å²) in [6, 6.07) is 3.09. The van der Waals surface area contributed by atoms with Crippen LogP contribution < -0.4 is 5.32 Å². The van der Waals surface area contributed by atoms with Crippen molar-refractivity contribution in [1.29, 1.82) is 0 Å². The van der Waals surface area contributed by atoms with Crippen LogP contribution in [0.15, 0.2) is 12.1 Å². The fourth-order valence-electron chi connectivity index (χ4n) is 1.26. The maximum Gasteiger partial charge on any atom is 0.303 e. The standard InChI is InChI=1S/C11H10Cl2INO3/c12-6-4-7(10(14)8(13)5-6)11(18)15-3-1-2-9(16)17/h4-5H,1-3H2,(H,15,18)(H,16,17). The van der Waals surface area contributed by atoms with Crippen molar-refractivity contribution in [3.05, 3.63) is 31.3 Å². The lowest BCUT2D eigenvalue weighted by Gasteiger charge is -2.08. The van der Waals surface area contributed by atoms with E-state index in [4.69, 9.17) is 28.3 Å². The lowest BCUT2D eigenvalue weighted by molar-refractivity contribution is -0.137. The summed E-state index contributed by atoms with van der Waals surface area (Å²) in [5.41, 5.74) is 0.392. The lowest BCUT2D eigenvalue weighted by Crippen LogP contribution is -2.25. The predicted molar refractivity (Wildman–Crippen MR) is 78.4 cm³/mol. The third-order valence-electron chi connectivity index (χ3n) is 2.09. The Balaban J connectivity index is 2.64. The van der Waals surface area contributed by atoms with Gasteiger partial charge >= 0.3 is 5.97 Å². The minimum Gasteiger partial charge on any atom is -0.481 e. The number of carboxylic acids is 1. The molecule has 1 rings (SSSR count). The molecular formula is C11H10Cl2INO3. The maximum atomic E-state index is 11.8. The molecule has 7 heteroatoms. The number of benzene rings is 1. The van der Waals surface area contributed by atoms with Gasteiger partial charge in [-0.05, 0) is 41.1 Å². The summed E-state index contributed by atoms with van der Waals surface area (Å²) in [7, 11) is 0. The molecule has 0 aliphatic heterocycles. The first-order valence-electron chi connectivity index (χ1n) is 5.06. The molecule has 18 heavy (non-hydrogen) atoms. The molecule has 0 unspecified atom stereocenters. The second-order valence-corrected chi connectivity index (χ2v) is 5.42. The Kier molecular flexibility index (Phi) is 6.17. The van der Waals surface area contributed by atoms with Crippen LogP contribution in [0.5, 0.6) is 0 Å². The smallest absolute Gasteiger partial charge is 0.303 e. The normalized spacial score (nSPS) is 10.2. The number of carboxylic acid groups (broad SMARTS) is 1. The van der Waals surface area contributed by atoms with Crippen molar-refractivity contribution in [3.8, 4) is 0 Å². The van der Waals surface area contributed by atoms with E-state index >= 15 is 0 Å². The monoisotopic (exact) mass is 401 g/mol. The van der Waals surface area contributed by atoms with E-state index in [0.717, 1.165) is 0 Å². The average Bonchev–Trinajstić information content (AvgIpc) is 2.28. The third kappa shape index (κ3) is 4.62. The Morgan fingerprint density at radius 1 is 1.33 bits per heavy atom. The first-order valence-corrected chi connectivity index (χ1v) is 6.90. The Morgan fingerprint density at radius 3 is 2.61 bits per heavy atom. The first-order chi connectivity index (χ1) is 8.41. The molecule has 0 aliphatic carbocycles. The molecule has 0 saturated heterocycles. The summed E-state index contributed by atoms with van der Waals surface area (Å²) < 4.78 is 0.620. The Hall–Kier alpha value is -0.530. The minimum atomic E-state index is -0.885. The molecular weight excluding hydrogens is 392 g/mol. The quantitative estimate of drug-likeness (QED) is 0.452. The van der Waals surface area contributed by atoms with Crippen LogP contribution >= 0.6 is 45.8 Å². The van der Waals surface area contributed by atoms with Gasteiger partial charge in [0.05, 0.1) is 10.6 Å². The molecule has 0 heterocycles. The molecule has 0 aliphatic rings. The van der Waals surface area contributed by atoms with Crippen molar-refractivity contribution in [3.63, 3.8) is 0 Å². The van der Waals surface area contributed by atoms with Crippen LogP contribution in [0.25, 0.3) is 0 Å². The number of halogens is 3. The highest BCUT2D eigenvalue weighted by atomic mass is 127. The van der Waals surface area contributed by atoms with Gasteiger partial charge in [-0.25, -0.2) is 0 Å². The van der Waals surface area contributed by atoms with E-state index in [1.807, 2.05) is 22.6 Å². The van der Waals surface area contributed by atoms with Gasteiger partial charge in [0.25, 0.3) is 5.91 Å². The van der Waals surface area contributed by atoms with Gasteiger partial charge < -0.3 is 10.4 Å². The van der Waals surface area contributed by atoms with Gasteiger partial charge in [0, 0.05) is 21.6 Å². The Morgan fingerprint density at radius 2 is 2.00 bits per heavy atom. The lowest BCUT2D eigenvalue weighted by atomic mass is 10.2. The fraction of sp³-hybridized carbons (Fsp3) is 0.273. The zero-order valence-electron chi connectivity index (χ0n) is 9.17. The number of aliphatic carboxylic acids is 1. The topological polar surface area (TPSA) is 66.4 Å². The molecule has 1 aromatic carbocycles. The summed E-state index contributed by atoms with van der Waals surface area (Å²) in [5, 5.41) is 11.9. The molecule has 1 aromatic rings. The van der Waals surface area contributed by atoms with Gasteiger partial charge in [-0.1, -0.05) is 23.2 Å². The second-order valence-electron chi connectivity index (χ2n) is 3.50. The molecule has 0 spiro atoms. The highest BCUT2D eigenvalue weighted by Crippen LogP contribution is 2.26. The van der Waals surface area contributed by atoms with E-state index < -0.39 is 5.97 Å². The number of carbonyl (C=O) groups excluding carboxylic acids is 1. The summed E-state index contributed by atoms with van der Waals surface area (Å²) in [4.78, 5) is 22.1. The largest absolute Gasteiger partial charge is 0.481 e. The van der Waals surface area contributed by atoms with Crippen LogP contribution in [0.4, 0.5) is 0 Å². The number of nitrogens with one attached hydrogen (secondary N) is 1. The van der Waals surface area contributed by atoms with Crippen molar-refractivity contribution < 1.29 is 14.7 Å². The highest BCUT2D eigenvalue weighted by molar-refractivity contribution is 14.1. The van der Waals surface area contributed by atoms with Crippen LogP contribution in [-0.2, 0) is 4.79 Å². The molecule has 0 atom stereocenters. The second kappa shape index (κ2) is 7.16. The molecule has 1 amide bonds. The van der Waals surface area contributed by atoms with Crippen molar-refractivity contribution in [2.45, 2.75) is 12.8 Å². The molecule has 98 valence electrons. The number of amides is 1. The average molecular weight is 402 g/mol. The molecule has 0 saturated carbocycles. The third-order valence-corrected chi connectivity index (χ3v) is 4.09. The van der Waals surface area contributed by atoms with Crippen molar-refractivity contribution in [2.75, 3.05) is 6.54 Å². The highest BCUT2D eigenvalue weighted by Gasteiger charge is 2.13. The van der Waals surface area contributed by atoms with Crippen molar-refractivity contribution in [2.24, 2.45) is 0 Å². The molecule has 2 N–H and O–H groups in total. The minimum absolute atomic E-state index is 0.0215. The maximum absolute atomic E-state index is 11.8. The van der Waals surface area contributed by atoms with Crippen LogP contribution in [0, 0.1) is 3.57 Å².